The van der Waals surface area contributed by atoms with Crippen LogP contribution in [0.2, 0.25) is 0 Å². The minimum atomic E-state index is 0. The lowest BCUT2D eigenvalue weighted by molar-refractivity contribution is -0.136. The largest absolute Gasteiger partial charge is 0.368 e. The monoisotopic (exact) mass is 337 g/mol. The quantitative estimate of drug-likeness (QED) is 0.900. The standard InChI is InChI=1S/C18H27N3O.ClH/c1-14-3-4-15(2)17(13-14)20-9-11-21(12-10-20)18(22)16-5-7-19-8-6-16;/h3-4,13,16,19H,5-12H2,1-2H3;1H. The predicted octanol–water partition coefficient (Wildman–Crippen LogP) is 2.37. The number of nitrogens with one attached hydrogen (secondary N) is 1. The molecule has 0 aromatic heterocycles. The molecule has 0 bridgehead atoms. The highest BCUT2D eigenvalue weighted by atomic mass is 35.5. The maximum Gasteiger partial charge on any atom is 0.225 e. The van der Waals surface area contributed by atoms with Crippen LogP contribution in [0, 0.1) is 19.8 Å². The van der Waals surface area contributed by atoms with E-state index in [0.29, 0.717) is 5.91 Å². The van der Waals surface area contributed by atoms with E-state index in [-0.39, 0.29) is 18.3 Å². The Balaban J connectivity index is 0.00000192. The molecule has 0 aliphatic carbocycles. The fourth-order valence-electron chi connectivity index (χ4n) is 3.55. The lowest BCUT2D eigenvalue weighted by Crippen LogP contribution is -2.51. The average Bonchev–Trinajstić information content (AvgIpc) is 2.57. The maximum atomic E-state index is 12.6. The summed E-state index contributed by atoms with van der Waals surface area (Å²) < 4.78 is 0. The first-order chi connectivity index (χ1) is 10.6. The van der Waals surface area contributed by atoms with Crippen LogP contribution >= 0.6 is 12.4 Å². The number of carbonyl (C=O) groups is 1. The van der Waals surface area contributed by atoms with Crippen LogP contribution in [-0.2, 0) is 4.79 Å². The van der Waals surface area contributed by atoms with Crippen molar-refractivity contribution in [2.45, 2.75) is 26.7 Å². The molecule has 1 amide bonds. The van der Waals surface area contributed by atoms with Crippen LogP contribution in [0.3, 0.4) is 0 Å². The number of carbonyl (C=O) groups excluding carboxylic acids is 1. The van der Waals surface area contributed by atoms with E-state index in [1.54, 1.807) is 0 Å². The molecule has 0 spiro atoms. The molecule has 5 heteroatoms. The third-order valence-corrected chi connectivity index (χ3v) is 4.99. The van der Waals surface area contributed by atoms with Gasteiger partial charge in [-0.15, -0.1) is 12.4 Å². The molecule has 0 radical (unpaired) electrons. The van der Waals surface area contributed by atoms with Crippen molar-refractivity contribution < 1.29 is 4.79 Å². The van der Waals surface area contributed by atoms with E-state index < -0.39 is 0 Å². The van der Waals surface area contributed by atoms with Gasteiger partial charge in [-0.3, -0.25) is 4.79 Å². The second-order valence-electron chi connectivity index (χ2n) is 6.63. The van der Waals surface area contributed by atoms with Crippen molar-refractivity contribution in [3.8, 4) is 0 Å². The molecular weight excluding hydrogens is 310 g/mol. The summed E-state index contributed by atoms with van der Waals surface area (Å²) >= 11 is 0. The molecule has 0 atom stereocenters. The van der Waals surface area contributed by atoms with Gasteiger partial charge in [0.2, 0.25) is 5.91 Å². The van der Waals surface area contributed by atoms with Crippen molar-refractivity contribution in [3.05, 3.63) is 29.3 Å². The Hall–Kier alpha value is -1.26. The minimum absolute atomic E-state index is 0. The van der Waals surface area contributed by atoms with Crippen molar-refractivity contribution in [2.75, 3.05) is 44.2 Å². The molecule has 1 N–H and O–H groups in total. The molecule has 2 saturated heterocycles. The van der Waals surface area contributed by atoms with Crippen molar-refractivity contribution in [1.82, 2.24) is 10.2 Å². The Morgan fingerprint density at radius 2 is 1.74 bits per heavy atom. The zero-order chi connectivity index (χ0) is 15.5. The SMILES string of the molecule is Cc1ccc(C)c(N2CCN(C(=O)C3CCNCC3)CC2)c1.Cl. The Labute approximate surface area is 145 Å². The van der Waals surface area contributed by atoms with Crippen LogP contribution < -0.4 is 10.2 Å². The number of anilines is 1. The van der Waals surface area contributed by atoms with Crippen LogP contribution in [0.5, 0.6) is 0 Å². The highest BCUT2D eigenvalue weighted by molar-refractivity contribution is 5.85. The highest BCUT2D eigenvalue weighted by Crippen LogP contribution is 2.24. The molecule has 1 aromatic rings. The van der Waals surface area contributed by atoms with Crippen LogP contribution in [-0.4, -0.2) is 50.1 Å². The minimum Gasteiger partial charge on any atom is -0.368 e. The van der Waals surface area contributed by atoms with Gasteiger partial charge in [0.15, 0.2) is 0 Å². The number of piperidine rings is 1. The third-order valence-electron chi connectivity index (χ3n) is 4.99. The van der Waals surface area contributed by atoms with Gasteiger partial charge in [0.05, 0.1) is 0 Å². The second-order valence-corrected chi connectivity index (χ2v) is 6.63. The summed E-state index contributed by atoms with van der Waals surface area (Å²) in [4.78, 5) is 17.1. The number of hydrogen-bond donors (Lipinski definition) is 1. The van der Waals surface area contributed by atoms with Crippen molar-refractivity contribution in [1.29, 1.82) is 0 Å². The van der Waals surface area contributed by atoms with E-state index in [0.717, 1.165) is 52.1 Å². The molecule has 2 fully saturated rings. The van der Waals surface area contributed by atoms with Gasteiger partial charge in [-0.05, 0) is 57.0 Å². The molecule has 2 aliphatic rings. The normalized spacial score (nSPS) is 19.4. The van der Waals surface area contributed by atoms with Crippen molar-refractivity contribution in [3.63, 3.8) is 0 Å². The first-order valence-corrected chi connectivity index (χ1v) is 8.47. The van der Waals surface area contributed by atoms with Gasteiger partial charge in [-0.25, -0.2) is 0 Å². The Morgan fingerprint density at radius 3 is 2.39 bits per heavy atom. The summed E-state index contributed by atoms with van der Waals surface area (Å²) in [5.74, 6) is 0.621. The highest BCUT2D eigenvalue weighted by Gasteiger charge is 2.28. The number of rotatable bonds is 2. The fourth-order valence-corrected chi connectivity index (χ4v) is 3.55. The summed E-state index contributed by atoms with van der Waals surface area (Å²) in [6.45, 7) is 9.88. The fraction of sp³-hybridized carbons (Fsp3) is 0.611. The smallest absolute Gasteiger partial charge is 0.225 e. The van der Waals surface area contributed by atoms with Gasteiger partial charge in [-0.2, -0.15) is 0 Å². The first-order valence-electron chi connectivity index (χ1n) is 8.47. The number of halogens is 1. The van der Waals surface area contributed by atoms with E-state index >= 15 is 0 Å². The summed E-state index contributed by atoms with van der Waals surface area (Å²) in [5.41, 5.74) is 3.95. The van der Waals surface area contributed by atoms with E-state index in [1.165, 1.54) is 16.8 Å². The van der Waals surface area contributed by atoms with Crippen LogP contribution in [0.4, 0.5) is 5.69 Å². The van der Waals surface area contributed by atoms with Crippen LogP contribution in [0.1, 0.15) is 24.0 Å². The van der Waals surface area contributed by atoms with E-state index in [2.05, 4.69) is 47.2 Å². The molecule has 0 saturated carbocycles. The number of hydrogen-bond acceptors (Lipinski definition) is 3. The topological polar surface area (TPSA) is 35.6 Å². The lowest BCUT2D eigenvalue weighted by Gasteiger charge is -2.38. The summed E-state index contributed by atoms with van der Waals surface area (Å²) in [6.07, 6.45) is 1.99. The van der Waals surface area contributed by atoms with Gasteiger partial charge in [0, 0.05) is 37.8 Å². The Kier molecular flexibility index (Phi) is 6.31. The van der Waals surface area contributed by atoms with E-state index in [1.807, 2.05) is 0 Å². The van der Waals surface area contributed by atoms with Gasteiger partial charge in [-0.1, -0.05) is 12.1 Å². The molecule has 4 nitrogen and oxygen atoms in total. The summed E-state index contributed by atoms with van der Waals surface area (Å²) in [7, 11) is 0. The number of aryl methyl sites for hydroxylation is 2. The first kappa shape index (κ1) is 18.1. The Morgan fingerprint density at radius 1 is 1.09 bits per heavy atom. The van der Waals surface area contributed by atoms with Gasteiger partial charge < -0.3 is 15.1 Å². The Bertz CT molecular complexity index is 535. The summed E-state index contributed by atoms with van der Waals surface area (Å²) in [5, 5.41) is 3.33. The molecular formula is C18H28ClN3O. The third kappa shape index (κ3) is 4.18. The molecule has 0 unspecified atom stereocenters. The zero-order valence-corrected chi connectivity index (χ0v) is 15.0. The molecule has 23 heavy (non-hydrogen) atoms. The molecule has 3 rings (SSSR count). The number of benzene rings is 1. The molecule has 128 valence electrons. The van der Waals surface area contributed by atoms with Crippen molar-refractivity contribution in [2.24, 2.45) is 5.92 Å². The molecule has 2 aliphatic heterocycles. The van der Waals surface area contributed by atoms with E-state index in [9.17, 15) is 4.79 Å². The van der Waals surface area contributed by atoms with Gasteiger partial charge >= 0.3 is 0 Å². The average molecular weight is 338 g/mol. The lowest BCUT2D eigenvalue weighted by atomic mass is 9.96. The predicted molar refractivity (Wildman–Crippen MR) is 97.6 cm³/mol. The number of piperazine rings is 1. The molecule has 2 heterocycles. The van der Waals surface area contributed by atoms with Gasteiger partial charge in [0.25, 0.3) is 0 Å². The number of amides is 1. The zero-order valence-electron chi connectivity index (χ0n) is 14.2. The van der Waals surface area contributed by atoms with Crippen molar-refractivity contribution >= 4 is 24.0 Å². The molecule has 1 aromatic carbocycles. The van der Waals surface area contributed by atoms with Crippen LogP contribution in [0.15, 0.2) is 18.2 Å². The summed E-state index contributed by atoms with van der Waals surface area (Å²) in [6, 6.07) is 6.62. The van der Waals surface area contributed by atoms with Crippen LogP contribution in [0.25, 0.3) is 0 Å². The second kappa shape index (κ2) is 8.02. The van der Waals surface area contributed by atoms with Gasteiger partial charge in [0.1, 0.15) is 0 Å². The number of nitrogens with zero attached hydrogens (tertiary/aromatic N) is 2. The van der Waals surface area contributed by atoms with E-state index in [4.69, 9.17) is 0 Å². The maximum absolute atomic E-state index is 12.6.